The number of halogens is 1. The van der Waals surface area contributed by atoms with Crippen LogP contribution in [0.2, 0.25) is 0 Å². The van der Waals surface area contributed by atoms with Crippen molar-refractivity contribution in [3.8, 4) is 11.4 Å². The Morgan fingerprint density at radius 1 is 0.975 bits per heavy atom. The molecule has 0 bridgehead atoms. The number of fused-ring (bicyclic) bond motifs is 2. The number of H-pyrrole nitrogens is 1. The highest BCUT2D eigenvalue weighted by molar-refractivity contribution is 7.19. The maximum absolute atomic E-state index is 15.2. The summed E-state index contributed by atoms with van der Waals surface area (Å²) >= 11 is 1.78. The number of hydrogen-bond donors (Lipinski definition) is 1. The highest BCUT2D eigenvalue weighted by Gasteiger charge is 2.29. The molecule has 0 spiro atoms. The van der Waals surface area contributed by atoms with E-state index in [0.717, 1.165) is 85.7 Å². The number of aromatic nitrogens is 3. The first-order valence-corrected chi connectivity index (χ1v) is 15.4. The van der Waals surface area contributed by atoms with Gasteiger partial charge in [-0.1, -0.05) is 0 Å². The van der Waals surface area contributed by atoms with Gasteiger partial charge in [0.05, 0.1) is 29.0 Å². The van der Waals surface area contributed by atoms with Crippen molar-refractivity contribution in [3.05, 3.63) is 41.2 Å². The maximum atomic E-state index is 15.2. The molecule has 0 amide bonds. The quantitative estimate of drug-likeness (QED) is 0.358. The predicted octanol–water partition coefficient (Wildman–Crippen LogP) is 4.89. The Kier molecular flexibility index (Phi) is 7.44. The monoisotopic (exact) mass is 564 g/mol. The Labute approximate surface area is 238 Å². The summed E-state index contributed by atoms with van der Waals surface area (Å²) in [7, 11) is 2.31. The van der Waals surface area contributed by atoms with Crippen LogP contribution < -0.4 is 4.90 Å². The lowest BCUT2D eigenvalue weighted by atomic mass is 9.99. The number of nitrogens with one attached hydrogen (secondary N) is 1. The van der Waals surface area contributed by atoms with E-state index in [0.29, 0.717) is 36.7 Å². The average Bonchev–Trinajstić information content (AvgIpc) is 3.64. The number of ether oxygens (including phenoxy) is 2. The van der Waals surface area contributed by atoms with Crippen LogP contribution in [0, 0.1) is 5.82 Å². The van der Waals surface area contributed by atoms with Gasteiger partial charge in [-0.2, -0.15) is 0 Å². The lowest BCUT2D eigenvalue weighted by molar-refractivity contribution is 0.0145. The summed E-state index contributed by atoms with van der Waals surface area (Å²) < 4.78 is 27.5. The summed E-state index contributed by atoms with van der Waals surface area (Å²) in [6.07, 6.45) is 6.52. The lowest BCUT2D eigenvalue weighted by Gasteiger charge is -2.41. The first kappa shape index (κ1) is 26.3. The van der Waals surface area contributed by atoms with Gasteiger partial charge >= 0.3 is 0 Å². The van der Waals surface area contributed by atoms with E-state index < -0.39 is 0 Å². The minimum atomic E-state index is -0.302. The van der Waals surface area contributed by atoms with Crippen molar-refractivity contribution in [1.29, 1.82) is 0 Å². The van der Waals surface area contributed by atoms with Crippen molar-refractivity contribution in [3.63, 3.8) is 0 Å². The molecular formula is C30H37FN6O2S. The molecule has 40 heavy (non-hydrogen) atoms. The van der Waals surface area contributed by atoms with Crippen LogP contribution in [-0.4, -0.2) is 96.5 Å². The second kappa shape index (κ2) is 11.3. The van der Waals surface area contributed by atoms with Crippen LogP contribution >= 0.6 is 11.3 Å². The van der Waals surface area contributed by atoms with Gasteiger partial charge in [0.2, 0.25) is 0 Å². The molecule has 0 atom stereocenters. The average molecular weight is 565 g/mol. The van der Waals surface area contributed by atoms with E-state index in [2.05, 4.69) is 32.8 Å². The van der Waals surface area contributed by atoms with Crippen molar-refractivity contribution in [2.75, 3.05) is 64.6 Å². The molecule has 0 unspecified atom stereocenters. The smallest absolute Gasteiger partial charge is 0.165 e. The Bertz CT molecular complexity index is 1470. The summed E-state index contributed by atoms with van der Waals surface area (Å²) in [5.41, 5.74) is 2.23. The molecule has 6 heterocycles. The first-order valence-electron chi connectivity index (χ1n) is 14.5. The van der Waals surface area contributed by atoms with E-state index in [1.807, 2.05) is 12.3 Å². The number of rotatable bonds is 6. The number of hydrogen-bond acceptors (Lipinski definition) is 8. The van der Waals surface area contributed by atoms with E-state index in [1.165, 1.54) is 23.8 Å². The van der Waals surface area contributed by atoms with Crippen molar-refractivity contribution in [2.24, 2.45) is 0 Å². The molecule has 3 aromatic heterocycles. The molecule has 1 N–H and O–H groups in total. The van der Waals surface area contributed by atoms with Crippen molar-refractivity contribution in [1.82, 2.24) is 24.8 Å². The largest absolute Gasteiger partial charge is 0.381 e. The van der Waals surface area contributed by atoms with Crippen molar-refractivity contribution in [2.45, 2.75) is 44.3 Å². The third-order valence-corrected chi connectivity index (χ3v) is 10.0. The second-order valence-corrected chi connectivity index (χ2v) is 12.4. The van der Waals surface area contributed by atoms with Crippen LogP contribution in [0.25, 0.3) is 32.5 Å². The summed E-state index contributed by atoms with van der Waals surface area (Å²) in [5.74, 6) is 1.03. The fraction of sp³-hybridized carbons (Fsp3) is 0.533. The molecule has 3 aliphatic heterocycles. The molecule has 0 saturated carbocycles. The normalized spacial score (nSPS) is 20.3. The zero-order chi connectivity index (χ0) is 27.1. The van der Waals surface area contributed by atoms with Gasteiger partial charge in [-0.15, -0.1) is 11.3 Å². The zero-order valence-corrected chi connectivity index (χ0v) is 23.9. The number of piperidine rings is 1. The number of anilines is 1. The van der Waals surface area contributed by atoms with Gasteiger partial charge in [0, 0.05) is 80.0 Å². The molecule has 0 aliphatic carbocycles. The fourth-order valence-corrected chi connectivity index (χ4v) is 7.73. The van der Waals surface area contributed by atoms with Crippen LogP contribution in [0.5, 0.6) is 0 Å². The highest BCUT2D eigenvalue weighted by atomic mass is 32.1. The van der Waals surface area contributed by atoms with Gasteiger partial charge in [0.15, 0.2) is 11.6 Å². The third-order valence-electron chi connectivity index (χ3n) is 8.90. The summed E-state index contributed by atoms with van der Waals surface area (Å²) in [5, 5.41) is 0.802. The predicted molar refractivity (Wildman–Crippen MR) is 158 cm³/mol. The Morgan fingerprint density at radius 2 is 1.73 bits per heavy atom. The highest BCUT2D eigenvalue weighted by Crippen LogP contribution is 2.37. The van der Waals surface area contributed by atoms with Crippen LogP contribution in [0.4, 0.5) is 10.2 Å². The Morgan fingerprint density at radius 3 is 2.52 bits per heavy atom. The van der Waals surface area contributed by atoms with Gasteiger partial charge in [0.1, 0.15) is 5.82 Å². The van der Waals surface area contributed by atoms with E-state index in [9.17, 15) is 0 Å². The van der Waals surface area contributed by atoms with Gasteiger partial charge in [-0.05, 0) is 57.0 Å². The topological polar surface area (TPSA) is 69.8 Å². The minimum absolute atomic E-state index is 0.302. The van der Waals surface area contributed by atoms with Gasteiger partial charge in [0.25, 0.3) is 0 Å². The number of morpholine rings is 1. The van der Waals surface area contributed by atoms with Crippen LogP contribution in [0.1, 0.15) is 30.6 Å². The number of benzene rings is 1. The molecule has 8 nitrogen and oxygen atoms in total. The number of aromatic amines is 1. The molecule has 10 heteroatoms. The van der Waals surface area contributed by atoms with Crippen LogP contribution in [-0.2, 0) is 16.0 Å². The second-order valence-electron chi connectivity index (χ2n) is 11.3. The van der Waals surface area contributed by atoms with Crippen molar-refractivity contribution < 1.29 is 13.9 Å². The summed E-state index contributed by atoms with van der Waals surface area (Å²) in [6, 6.07) is 8.67. The molecule has 4 aromatic rings. The summed E-state index contributed by atoms with van der Waals surface area (Å²) in [4.78, 5) is 21.9. The maximum Gasteiger partial charge on any atom is 0.165 e. The lowest BCUT2D eigenvalue weighted by Crippen LogP contribution is -2.48. The number of thiophene rings is 1. The van der Waals surface area contributed by atoms with Crippen molar-refractivity contribution >= 4 is 38.3 Å². The zero-order valence-electron chi connectivity index (χ0n) is 23.1. The van der Waals surface area contributed by atoms with E-state index >= 15 is 4.39 Å². The number of likely N-dealkylation sites (tertiary alicyclic amines) is 1. The standard InChI is InChI=1S/C30H37FN6O2S/c1-35(21-7-14-38-15-8-21)20-5-10-36(11-6-20)19-22-18-26-28(40-22)30(37-12-16-39-17-13-37)34-29(33-26)27-23-4-9-32-25(23)3-2-24(27)31/h2-4,9,18,20-21,32H,5-8,10-17,19H2,1H3. The molecule has 0 radical (unpaired) electrons. The van der Waals surface area contributed by atoms with Gasteiger partial charge in [-0.25, -0.2) is 14.4 Å². The fourth-order valence-electron chi connectivity index (χ4n) is 6.57. The molecule has 1 aromatic carbocycles. The van der Waals surface area contributed by atoms with Gasteiger partial charge in [-0.3, -0.25) is 4.90 Å². The third kappa shape index (κ3) is 5.12. The number of nitrogens with zero attached hydrogens (tertiary/aromatic N) is 5. The minimum Gasteiger partial charge on any atom is -0.381 e. The first-order chi connectivity index (χ1) is 19.6. The molecule has 7 rings (SSSR count). The SMILES string of the molecule is CN(C1CCOCC1)C1CCN(Cc2cc3nc(-c4c(F)ccc5[nH]ccc45)nc(N4CCOCC4)c3s2)CC1. The molecule has 3 aliphatic rings. The van der Waals surface area contributed by atoms with E-state index in [-0.39, 0.29) is 5.82 Å². The summed E-state index contributed by atoms with van der Waals surface area (Å²) in [6.45, 7) is 7.76. The van der Waals surface area contributed by atoms with Crippen LogP contribution in [0.3, 0.4) is 0 Å². The van der Waals surface area contributed by atoms with Crippen LogP contribution in [0.15, 0.2) is 30.5 Å². The van der Waals surface area contributed by atoms with Gasteiger partial charge < -0.3 is 24.3 Å². The molecule has 3 saturated heterocycles. The molecular weight excluding hydrogens is 527 g/mol. The van der Waals surface area contributed by atoms with E-state index in [4.69, 9.17) is 19.4 Å². The van der Waals surface area contributed by atoms with E-state index in [1.54, 1.807) is 17.4 Å². The Hall–Kier alpha value is -2.63. The molecule has 212 valence electrons. The molecule has 3 fully saturated rings. The Balaban J connectivity index is 1.15.